The summed E-state index contributed by atoms with van der Waals surface area (Å²) in [6.45, 7) is 2.20. The van der Waals surface area contributed by atoms with Crippen LogP contribution in [0, 0.1) is 0 Å². The number of rotatable bonds is 6. The number of aryl methyl sites for hydroxylation is 1. The predicted octanol–water partition coefficient (Wildman–Crippen LogP) is 4.50. The molecule has 3 aromatic rings. The van der Waals surface area contributed by atoms with Crippen LogP contribution in [0.4, 0.5) is 5.69 Å². The molecule has 2 aromatic heterocycles. The SMILES string of the molecule is CC(CCc1ccco1)Nc1cccc(-n2cccc2)c1. The molecule has 2 heterocycles. The van der Waals surface area contributed by atoms with Gasteiger partial charge in [0.2, 0.25) is 0 Å². The van der Waals surface area contributed by atoms with Crippen molar-refractivity contribution >= 4 is 5.69 Å². The van der Waals surface area contributed by atoms with Crippen molar-refractivity contribution in [2.24, 2.45) is 0 Å². The second-order valence-corrected chi connectivity index (χ2v) is 5.30. The Morgan fingerprint density at radius 3 is 2.71 bits per heavy atom. The molecule has 0 saturated carbocycles. The molecule has 0 fully saturated rings. The van der Waals surface area contributed by atoms with Crippen molar-refractivity contribution in [3.05, 3.63) is 72.9 Å². The standard InChI is InChI=1S/C18H20N2O/c1-15(9-10-18-8-5-13-21-18)19-16-6-4-7-17(14-16)20-11-2-3-12-20/h2-8,11-15,19H,9-10H2,1H3. The third-order valence-electron chi connectivity index (χ3n) is 3.57. The maximum Gasteiger partial charge on any atom is 0.103 e. The van der Waals surface area contributed by atoms with E-state index in [0.29, 0.717) is 6.04 Å². The molecule has 0 saturated heterocycles. The van der Waals surface area contributed by atoms with Gasteiger partial charge in [-0.25, -0.2) is 0 Å². The Morgan fingerprint density at radius 1 is 1.10 bits per heavy atom. The highest BCUT2D eigenvalue weighted by atomic mass is 16.3. The minimum Gasteiger partial charge on any atom is -0.469 e. The highest BCUT2D eigenvalue weighted by Crippen LogP contribution is 2.17. The van der Waals surface area contributed by atoms with E-state index in [2.05, 4.69) is 53.5 Å². The zero-order valence-electron chi connectivity index (χ0n) is 12.2. The molecule has 1 aromatic carbocycles. The first-order valence-electron chi connectivity index (χ1n) is 7.33. The average Bonchev–Trinajstić information content (AvgIpc) is 3.19. The Bertz CT molecular complexity index is 656. The van der Waals surface area contributed by atoms with E-state index in [-0.39, 0.29) is 0 Å². The Morgan fingerprint density at radius 2 is 1.95 bits per heavy atom. The molecule has 0 aliphatic heterocycles. The van der Waals surface area contributed by atoms with E-state index in [1.54, 1.807) is 6.26 Å². The van der Waals surface area contributed by atoms with Crippen LogP contribution in [0.5, 0.6) is 0 Å². The molecule has 0 aliphatic carbocycles. The zero-order valence-corrected chi connectivity index (χ0v) is 12.2. The molecule has 0 amide bonds. The molecular weight excluding hydrogens is 260 g/mol. The zero-order chi connectivity index (χ0) is 14.5. The quantitative estimate of drug-likeness (QED) is 0.720. The lowest BCUT2D eigenvalue weighted by atomic mass is 10.1. The van der Waals surface area contributed by atoms with Crippen LogP contribution in [0.15, 0.2) is 71.6 Å². The second kappa shape index (κ2) is 6.35. The number of anilines is 1. The van der Waals surface area contributed by atoms with Crippen molar-refractivity contribution < 1.29 is 4.42 Å². The number of benzene rings is 1. The smallest absolute Gasteiger partial charge is 0.103 e. The van der Waals surface area contributed by atoms with Crippen LogP contribution in [0.25, 0.3) is 5.69 Å². The number of nitrogens with zero attached hydrogens (tertiary/aromatic N) is 1. The molecule has 3 rings (SSSR count). The Balaban J connectivity index is 1.60. The summed E-state index contributed by atoms with van der Waals surface area (Å²) in [6, 6.07) is 16.9. The van der Waals surface area contributed by atoms with Crippen LogP contribution in [-0.4, -0.2) is 10.6 Å². The van der Waals surface area contributed by atoms with Gasteiger partial charge in [-0.05, 0) is 55.8 Å². The fourth-order valence-corrected chi connectivity index (χ4v) is 2.43. The van der Waals surface area contributed by atoms with Gasteiger partial charge in [0.05, 0.1) is 6.26 Å². The number of hydrogen-bond acceptors (Lipinski definition) is 2. The molecule has 0 aliphatic rings. The van der Waals surface area contributed by atoms with E-state index in [9.17, 15) is 0 Å². The summed E-state index contributed by atoms with van der Waals surface area (Å²) < 4.78 is 7.48. The summed E-state index contributed by atoms with van der Waals surface area (Å²) in [4.78, 5) is 0. The number of aromatic nitrogens is 1. The third kappa shape index (κ3) is 3.57. The van der Waals surface area contributed by atoms with E-state index in [4.69, 9.17) is 4.42 Å². The maximum absolute atomic E-state index is 5.37. The summed E-state index contributed by atoms with van der Waals surface area (Å²) in [5.41, 5.74) is 2.32. The van der Waals surface area contributed by atoms with Gasteiger partial charge in [-0.15, -0.1) is 0 Å². The molecule has 108 valence electrons. The molecular formula is C18H20N2O. The van der Waals surface area contributed by atoms with Crippen molar-refractivity contribution in [3.63, 3.8) is 0 Å². The van der Waals surface area contributed by atoms with Crippen molar-refractivity contribution in [2.75, 3.05) is 5.32 Å². The monoisotopic (exact) mass is 280 g/mol. The topological polar surface area (TPSA) is 30.1 Å². The van der Waals surface area contributed by atoms with Crippen molar-refractivity contribution in [1.82, 2.24) is 4.57 Å². The lowest BCUT2D eigenvalue weighted by Gasteiger charge is -2.15. The van der Waals surface area contributed by atoms with E-state index in [1.807, 2.05) is 24.3 Å². The Hall–Kier alpha value is -2.42. The summed E-state index contributed by atoms with van der Waals surface area (Å²) in [5, 5.41) is 3.55. The van der Waals surface area contributed by atoms with E-state index < -0.39 is 0 Å². The Kier molecular flexibility index (Phi) is 4.10. The van der Waals surface area contributed by atoms with Gasteiger partial charge in [-0.3, -0.25) is 0 Å². The summed E-state index contributed by atoms with van der Waals surface area (Å²) in [6.07, 6.45) is 7.84. The lowest BCUT2D eigenvalue weighted by Crippen LogP contribution is -2.16. The minimum atomic E-state index is 0.398. The van der Waals surface area contributed by atoms with Gasteiger partial charge in [0.1, 0.15) is 5.76 Å². The molecule has 0 bridgehead atoms. The highest BCUT2D eigenvalue weighted by Gasteiger charge is 2.05. The van der Waals surface area contributed by atoms with Gasteiger partial charge < -0.3 is 14.3 Å². The molecule has 1 unspecified atom stereocenters. The van der Waals surface area contributed by atoms with Gasteiger partial charge in [-0.2, -0.15) is 0 Å². The predicted molar refractivity (Wildman–Crippen MR) is 85.9 cm³/mol. The van der Waals surface area contributed by atoms with Crippen LogP contribution >= 0.6 is 0 Å². The lowest BCUT2D eigenvalue weighted by molar-refractivity contribution is 0.495. The minimum absolute atomic E-state index is 0.398. The molecule has 0 spiro atoms. The Labute approximate surface area is 125 Å². The van der Waals surface area contributed by atoms with Gasteiger partial charge in [0.25, 0.3) is 0 Å². The van der Waals surface area contributed by atoms with Crippen LogP contribution < -0.4 is 5.32 Å². The normalized spacial score (nSPS) is 12.2. The van der Waals surface area contributed by atoms with Gasteiger partial charge >= 0.3 is 0 Å². The fraction of sp³-hybridized carbons (Fsp3) is 0.222. The summed E-state index contributed by atoms with van der Waals surface area (Å²) >= 11 is 0. The molecule has 1 N–H and O–H groups in total. The van der Waals surface area contributed by atoms with Crippen LogP contribution in [0.1, 0.15) is 19.1 Å². The molecule has 3 nitrogen and oxygen atoms in total. The van der Waals surface area contributed by atoms with Gasteiger partial charge in [0.15, 0.2) is 0 Å². The first-order chi connectivity index (χ1) is 10.3. The van der Waals surface area contributed by atoms with Crippen molar-refractivity contribution in [2.45, 2.75) is 25.8 Å². The van der Waals surface area contributed by atoms with E-state index >= 15 is 0 Å². The number of furan rings is 1. The fourth-order valence-electron chi connectivity index (χ4n) is 2.43. The van der Waals surface area contributed by atoms with Crippen LogP contribution in [-0.2, 0) is 6.42 Å². The highest BCUT2D eigenvalue weighted by molar-refractivity contribution is 5.51. The van der Waals surface area contributed by atoms with Gasteiger partial charge in [0, 0.05) is 36.2 Å². The number of nitrogens with one attached hydrogen (secondary N) is 1. The molecule has 21 heavy (non-hydrogen) atoms. The van der Waals surface area contributed by atoms with Crippen LogP contribution in [0.3, 0.4) is 0 Å². The van der Waals surface area contributed by atoms with E-state index in [0.717, 1.165) is 24.3 Å². The van der Waals surface area contributed by atoms with Gasteiger partial charge in [-0.1, -0.05) is 6.07 Å². The van der Waals surface area contributed by atoms with Crippen LogP contribution in [0.2, 0.25) is 0 Å². The first kappa shape index (κ1) is 13.6. The summed E-state index contributed by atoms with van der Waals surface area (Å²) in [5.74, 6) is 1.05. The maximum atomic E-state index is 5.37. The average molecular weight is 280 g/mol. The van der Waals surface area contributed by atoms with Crippen molar-refractivity contribution in [3.8, 4) is 5.69 Å². The summed E-state index contributed by atoms with van der Waals surface area (Å²) in [7, 11) is 0. The largest absolute Gasteiger partial charge is 0.469 e. The molecule has 1 atom stereocenters. The third-order valence-corrected chi connectivity index (χ3v) is 3.57. The molecule has 3 heteroatoms. The molecule has 0 radical (unpaired) electrons. The van der Waals surface area contributed by atoms with Crippen molar-refractivity contribution in [1.29, 1.82) is 0 Å². The van der Waals surface area contributed by atoms with E-state index in [1.165, 1.54) is 5.69 Å². The first-order valence-corrected chi connectivity index (χ1v) is 7.33. The number of hydrogen-bond donors (Lipinski definition) is 1. The second-order valence-electron chi connectivity index (χ2n) is 5.30.